The van der Waals surface area contributed by atoms with E-state index in [1.165, 1.54) is 12.5 Å². The van der Waals surface area contributed by atoms with Crippen molar-refractivity contribution in [3.05, 3.63) is 67.3 Å². The van der Waals surface area contributed by atoms with Gasteiger partial charge in [-0.3, -0.25) is 9.54 Å². The van der Waals surface area contributed by atoms with Crippen LogP contribution in [0.4, 0.5) is 11.4 Å². The first-order valence-corrected chi connectivity index (χ1v) is 12.5. The lowest BCUT2D eigenvalue weighted by molar-refractivity contribution is 0.111. The van der Waals surface area contributed by atoms with Gasteiger partial charge in [0.15, 0.2) is 5.52 Å². The number of likely N-dealkylation sites (tertiary alicyclic amines) is 1. The maximum absolute atomic E-state index is 12.2. The summed E-state index contributed by atoms with van der Waals surface area (Å²) in [7, 11) is -2.51. The zero-order valence-electron chi connectivity index (χ0n) is 19.0. The summed E-state index contributed by atoms with van der Waals surface area (Å²) in [5.74, 6) is 0.416. The fourth-order valence-electron chi connectivity index (χ4n) is 4.08. The zero-order valence-corrected chi connectivity index (χ0v) is 19.8. The predicted molar refractivity (Wildman–Crippen MR) is 132 cm³/mol. The van der Waals surface area contributed by atoms with E-state index in [1.54, 1.807) is 48.7 Å². The number of para-hydroxylation sites is 1. The number of anilines is 2. The van der Waals surface area contributed by atoms with E-state index >= 15 is 0 Å². The quantitative estimate of drug-likeness (QED) is 0.403. The maximum atomic E-state index is 12.2. The van der Waals surface area contributed by atoms with Crippen LogP contribution >= 0.6 is 0 Å². The molecule has 3 aromatic heterocycles. The Balaban J connectivity index is 1.52. The first kappa shape index (κ1) is 23.1. The number of aromatic nitrogens is 4. The summed E-state index contributed by atoms with van der Waals surface area (Å²) in [6, 6.07) is 13.5. The Labute approximate surface area is 203 Å². The van der Waals surface area contributed by atoms with Crippen LogP contribution in [-0.2, 0) is 10.3 Å². The summed E-state index contributed by atoms with van der Waals surface area (Å²) >= 11 is 0. The number of rotatable bonds is 6. The minimum Gasteiger partial charge on any atom is -0.473 e. The molecule has 1 aliphatic heterocycles. The van der Waals surface area contributed by atoms with Crippen molar-refractivity contribution in [2.24, 2.45) is 0 Å². The highest BCUT2D eigenvalue weighted by Gasteiger charge is 2.23. The highest BCUT2D eigenvalue weighted by molar-refractivity contribution is 7.87. The third-order valence-electron chi connectivity index (χ3n) is 5.87. The number of piperidine rings is 1. The van der Waals surface area contributed by atoms with Crippen molar-refractivity contribution >= 4 is 32.7 Å². The van der Waals surface area contributed by atoms with E-state index in [4.69, 9.17) is 9.72 Å². The van der Waals surface area contributed by atoms with Crippen LogP contribution in [0.1, 0.15) is 12.8 Å². The molecule has 5 rings (SSSR count). The van der Waals surface area contributed by atoms with E-state index in [1.807, 2.05) is 6.07 Å². The number of ether oxygens (including phenoxy) is 1. The normalized spacial score (nSPS) is 15.3. The molecule has 1 aromatic carbocycles. The third-order valence-corrected chi connectivity index (χ3v) is 6.75. The lowest BCUT2D eigenvalue weighted by Gasteiger charge is -2.29. The molecule has 4 aromatic rings. The molecule has 10 nitrogen and oxygen atoms in total. The number of fused-ring (bicyclic) bond motifs is 1. The van der Waals surface area contributed by atoms with Crippen LogP contribution in [0.15, 0.2) is 67.3 Å². The van der Waals surface area contributed by atoms with Crippen molar-refractivity contribution in [2.75, 3.05) is 24.4 Å². The second-order valence-electron chi connectivity index (χ2n) is 8.37. The smallest absolute Gasteiger partial charge is 0.364 e. The van der Waals surface area contributed by atoms with E-state index in [0.29, 0.717) is 28.2 Å². The van der Waals surface area contributed by atoms with Crippen molar-refractivity contribution in [1.29, 1.82) is 0 Å². The average molecular weight is 493 g/mol. The van der Waals surface area contributed by atoms with E-state index in [9.17, 15) is 13.0 Å². The second-order valence-corrected chi connectivity index (χ2v) is 9.63. The van der Waals surface area contributed by atoms with Crippen LogP contribution in [-0.4, -0.2) is 64.0 Å². The fourth-order valence-corrected chi connectivity index (χ4v) is 4.84. The van der Waals surface area contributed by atoms with Crippen molar-refractivity contribution in [2.45, 2.75) is 18.9 Å². The van der Waals surface area contributed by atoms with E-state index < -0.39 is 10.3 Å². The molecule has 180 valence electrons. The standard InChI is InChI=1S/C24H24N6O4S/c1-29-11-9-20(10-12-29)34-24-23-22(26-16-27-24)8-7-21(28-23)17-13-19(15-25-14-17)30(35(31,32)33)18-5-3-2-4-6-18/h2-8,13-16,20H,9-12H2,1H3,(H,31,32,33). The molecule has 0 amide bonds. The minimum atomic E-state index is -4.60. The SMILES string of the molecule is CN1CCC(Oc2ncnc3ccc(-c4cncc(N(c5ccccc5)S(=O)(=O)O)c4)nc23)CC1. The molecule has 1 aliphatic rings. The molecule has 1 N–H and O–H groups in total. The molecule has 0 saturated carbocycles. The maximum Gasteiger partial charge on any atom is 0.364 e. The first-order chi connectivity index (χ1) is 16.9. The van der Waals surface area contributed by atoms with Gasteiger partial charge in [0, 0.05) is 24.8 Å². The topological polar surface area (TPSA) is 122 Å². The predicted octanol–water partition coefficient (Wildman–Crippen LogP) is 3.50. The number of nitrogens with zero attached hydrogens (tertiary/aromatic N) is 6. The molecule has 0 spiro atoms. The van der Waals surface area contributed by atoms with Gasteiger partial charge in [0.05, 0.1) is 28.8 Å². The molecule has 4 heterocycles. The van der Waals surface area contributed by atoms with Crippen LogP contribution in [0.25, 0.3) is 22.3 Å². The Morgan fingerprint density at radius 3 is 2.54 bits per heavy atom. The van der Waals surface area contributed by atoms with E-state index in [0.717, 1.165) is 30.2 Å². The van der Waals surface area contributed by atoms with Gasteiger partial charge in [0.25, 0.3) is 0 Å². The van der Waals surface area contributed by atoms with E-state index in [2.05, 4.69) is 26.9 Å². The molecule has 1 fully saturated rings. The van der Waals surface area contributed by atoms with Gasteiger partial charge in [-0.2, -0.15) is 13.4 Å². The largest absolute Gasteiger partial charge is 0.473 e. The summed E-state index contributed by atoms with van der Waals surface area (Å²) in [5, 5.41) is 0. The monoisotopic (exact) mass is 492 g/mol. The number of pyridine rings is 2. The molecule has 0 atom stereocenters. The van der Waals surface area contributed by atoms with E-state index in [-0.39, 0.29) is 17.5 Å². The first-order valence-electron chi connectivity index (χ1n) is 11.1. The summed E-state index contributed by atoms with van der Waals surface area (Å²) in [6.45, 7) is 1.91. The lowest BCUT2D eigenvalue weighted by Crippen LogP contribution is -2.35. The molecule has 0 aliphatic carbocycles. The van der Waals surface area contributed by atoms with Gasteiger partial charge in [-0.05, 0) is 50.2 Å². The molecule has 11 heteroatoms. The summed E-state index contributed by atoms with van der Waals surface area (Å²) in [5.41, 5.74) is 2.71. The Morgan fingerprint density at radius 2 is 1.80 bits per heavy atom. The average Bonchev–Trinajstić information content (AvgIpc) is 2.85. The lowest BCUT2D eigenvalue weighted by atomic mass is 10.1. The number of hydrogen-bond donors (Lipinski definition) is 1. The van der Waals surface area contributed by atoms with Gasteiger partial charge < -0.3 is 9.64 Å². The molecule has 35 heavy (non-hydrogen) atoms. The van der Waals surface area contributed by atoms with Gasteiger partial charge in [-0.1, -0.05) is 18.2 Å². The van der Waals surface area contributed by atoms with Gasteiger partial charge in [0.1, 0.15) is 12.4 Å². The van der Waals surface area contributed by atoms with Crippen LogP contribution in [0, 0.1) is 0 Å². The summed E-state index contributed by atoms with van der Waals surface area (Å²) < 4.78 is 41.4. The molecular formula is C24H24N6O4S. The minimum absolute atomic E-state index is 0.0499. The van der Waals surface area contributed by atoms with Crippen LogP contribution < -0.4 is 9.04 Å². The Morgan fingerprint density at radius 1 is 1.03 bits per heavy atom. The van der Waals surface area contributed by atoms with Gasteiger partial charge >= 0.3 is 10.3 Å². The van der Waals surface area contributed by atoms with Crippen molar-refractivity contribution in [1.82, 2.24) is 24.8 Å². The highest BCUT2D eigenvalue weighted by Crippen LogP contribution is 2.32. The van der Waals surface area contributed by atoms with Crippen LogP contribution in [0.2, 0.25) is 0 Å². The summed E-state index contributed by atoms with van der Waals surface area (Å²) in [4.78, 5) is 19.8. The Bertz CT molecular complexity index is 1440. The van der Waals surface area contributed by atoms with Gasteiger partial charge in [0.2, 0.25) is 5.88 Å². The zero-order chi connectivity index (χ0) is 24.4. The third kappa shape index (κ3) is 5.06. The number of hydrogen-bond acceptors (Lipinski definition) is 8. The Kier molecular flexibility index (Phi) is 6.29. The van der Waals surface area contributed by atoms with Crippen molar-refractivity contribution in [3.8, 4) is 17.1 Å². The highest BCUT2D eigenvalue weighted by atomic mass is 32.2. The van der Waals surface area contributed by atoms with Crippen LogP contribution in [0.5, 0.6) is 5.88 Å². The molecule has 0 radical (unpaired) electrons. The second kappa shape index (κ2) is 9.53. The van der Waals surface area contributed by atoms with Gasteiger partial charge in [-0.25, -0.2) is 14.3 Å². The van der Waals surface area contributed by atoms with Crippen molar-refractivity contribution in [3.63, 3.8) is 0 Å². The van der Waals surface area contributed by atoms with Crippen LogP contribution in [0.3, 0.4) is 0 Å². The molecule has 1 saturated heterocycles. The molecule has 0 bridgehead atoms. The Hall–Kier alpha value is -3.67. The van der Waals surface area contributed by atoms with Gasteiger partial charge in [-0.15, -0.1) is 0 Å². The molecular weight excluding hydrogens is 468 g/mol. The fraction of sp³-hybridized carbons (Fsp3) is 0.250. The number of benzene rings is 1. The van der Waals surface area contributed by atoms with Crippen molar-refractivity contribution < 1.29 is 17.7 Å². The summed E-state index contributed by atoms with van der Waals surface area (Å²) in [6.07, 6.45) is 6.25. The molecule has 0 unspecified atom stereocenters.